The summed E-state index contributed by atoms with van der Waals surface area (Å²) in [5.74, 6) is -0.249. The van der Waals surface area contributed by atoms with E-state index >= 15 is 0 Å². The third-order valence-corrected chi connectivity index (χ3v) is 6.32. The third kappa shape index (κ3) is 3.16. The van der Waals surface area contributed by atoms with Crippen LogP contribution in [-0.2, 0) is 11.1 Å². The van der Waals surface area contributed by atoms with Gasteiger partial charge in [0.25, 0.3) is 5.56 Å². The molecule has 1 fully saturated rings. The van der Waals surface area contributed by atoms with Crippen LogP contribution in [0.15, 0.2) is 47.3 Å². The molecule has 1 aliphatic rings. The Bertz CT molecular complexity index is 1090. The first kappa shape index (κ1) is 18.9. The lowest BCUT2D eigenvalue weighted by Crippen LogP contribution is -2.37. The highest BCUT2D eigenvalue weighted by Gasteiger charge is 2.50. The SMILES string of the molecule is CC1(C)CB(c2cc(Cc3n[nH]c(=O)c4ccccc34)ccc2F)OC1(C)C. The summed E-state index contributed by atoms with van der Waals surface area (Å²) in [5, 5.41) is 8.22. The number of aromatic amines is 1. The fourth-order valence-corrected chi connectivity index (χ4v) is 3.89. The standard InChI is InChI=1S/C22H24BFN2O2/c1-21(2)13-23(28-22(21,3)4)17-11-14(9-10-18(17)24)12-19-15-7-5-6-8-16(15)20(27)26-25-19/h5-11H,12-13H2,1-4H3,(H,26,27). The molecule has 0 radical (unpaired) electrons. The van der Waals surface area contributed by atoms with Crippen LogP contribution in [0, 0.1) is 11.2 Å². The summed E-state index contributed by atoms with van der Waals surface area (Å²) in [4.78, 5) is 12.0. The second-order valence-corrected chi connectivity index (χ2v) is 8.78. The number of H-pyrrole nitrogens is 1. The van der Waals surface area contributed by atoms with E-state index in [-0.39, 0.29) is 29.3 Å². The Balaban J connectivity index is 1.70. The van der Waals surface area contributed by atoms with Gasteiger partial charge in [-0.15, -0.1) is 0 Å². The summed E-state index contributed by atoms with van der Waals surface area (Å²) in [6.07, 6.45) is 1.27. The molecular formula is C22H24BFN2O2. The smallest absolute Gasteiger partial charge is 0.330 e. The van der Waals surface area contributed by atoms with E-state index in [1.165, 1.54) is 6.07 Å². The lowest BCUT2D eigenvalue weighted by atomic mass is 9.54. The zero-order valence-electron chi connectivity index (χ0n) is 16.7. The number of nitrogens with one attached hydrogen (secondary N) is 1. The third-order valence-electron chi connectivity index (χ3n) is 6.32. The molecule has 6 heteroatoms. The van der Waals surface area contributed by atoms with Crippen LogP contribution in [0.2, 0.25) is 6.32 Å². The number of fused-ring (bicyclic) bond motifs is 1. The first-order valence-electron chi connectivity index (χ1n) is 9.60. The van der Waals surface area contributed by atoms with Crippen LogP contribution in [0.5, 0.6) is 0 Å². The summed E-state index contributed by atoms with van der Waals surface area (Å²) < 4.78 is 20.8. The average molecular weight is 378 g/mol. The Morgan fingerprint density at radius 3 is 2.54 bits per heavy atom. The highest BCUT2D eigenvalue weighted by atomic mass is 19.1. The monoisotopic (exact) mass is 378 g/mol. The van der Waals surface area contributed by atoms with Crippen molar-refractivity contribution in [2.45, 2.75) is 46.0 Å². The summed E-state index contributed by atoms with van der Waals surface area (Å²) in [5.41, 5.74) is 1.72. The van der Waals surface area contributed by atoms with E-state index in [9.17, 15) is 9.18 Å². The predicted octanol–water partition coefficient (Wildman–Crippen LogP) is 3.69. The molecule has 4 nitrogen and oxygen atoms in total. The second-order valence-electron chi connectivity index (χ2n) is 8.78. The number of aromatic nitrogens is 2. The van der Waals surface area contributed by atoms with E-state index < -0.39 is 0 Å². The molecule has 0 aliphatic carbocycles. The van der Waals surface area contributed by atoms with Gasteiger partial charge in [-0.2, -0.15) is 5.10 Å². The van der Waals surface area contributed by atoms with Crippen molar-refractivity contribution in [3.63, 3.8) is 0 Å². The first-order valence-corrected chi connectivity index (χ1v) is 9.60. The number of benzene rings is 2. The topological polar surface area (TPSA) is 55.0 Å². The normalized spacial score (nSPS) is 18.0. The molecule has 1 aliphatic heterocycles. The highest BCUT2D eigenvalue weighted by molar-refractivity contribution is 6.68. The van der Waals surface area contributed by atoms with Crippen molar-refractivity contribution < 1.29 is 9.04 Å². The molecule has 0 saturated carbocycles. The van der Waals surface area contributed by atoms with Gasteiger partial charge in [0.2, 0.25) is 0 Å². The Morgan fingerprint density at radius 1 is 1.14 bits per heavy atom. The van der Waals surface area contributed by atoms with E-state index in [2.05, 4.69) is 37.9 Å². The van der Waals surface area contributed by atoms with Gasteiger partial charge >= 0.3 is 6.92 Å². The maximum Gasteiger partial charge on any atom is 0.330 e. The fraction of sp³-hybridized carbons (Fsp3) is 0.364. The highest BCUT2D eigenvalue weighted by Crippen LogP contribution is 2.45. The molecule has 0 bridgehead atoms. The summed E-state index contributed by atoms with van der Waals surface area (Å²) >= 11 is 0. The van der Waals surface area contributed by atoms with Gasteiger partial charge in [0.1, 0.15) is 5.82 Å². The van der Waals surface area contributed by atoms with Gasteiger partial charge in [0.05, 0.1) is 16.7 Å². The number of halogens is 1. The van der Waals surface area contributed by atoms with Crippen LogP contribution in [0.1, 0.15) is 39.0 Å². The summed E-state index contributed by atoms with van der Waals surface area (Å²) in [6.45, 7) is 8.16. The molecule has 144 valence electrons. The van der Waals surface area contributed by atoms with Gasteiger partial charge in [0, 0.05) is 11.8 Å². The lowest BCUT2D eigenvalue weighted by molar-refractivity contribution is 0.0375. The van der Waals surface area contributed by atoms with Crippen molar-refractivity contribution in [1.82, 2.24) is 10.2 Å². The Hall–Kier alpha value is -2.47. The molecule has 4 rings (SSSR count). The molecule has 2 heterocycles. The molecule has 28 heavy (non-hydrogen) atoms. The van der Waals surface area contributed by atoms with Crippen molar-refractivity contribution in [3.05, 3.63) is 69.9 Å². The van der Waals surface area contributed by atoms with Crippen molar-refractivity contribution in [2.24, 2.45) is 5.41 Å². The Morgan fingerprint density at radius 2 is 1.86 bits per heavy atom. The van der Waals surface area contributed by atoms with Gasteiger partial charge in [-0.25, -0.2) is 9.49 Å². The molecule has 0 unspecified atom stereocenters. The molecule has 1 saturated heterocycles. The van der Waals surface area contributed by atoms with Gasteiger partial charge in [-0.3, -0.25) is 4.79 Å². The minimum Gasteiger partial charge on any atom is -0.425 e. The molecule has 0 spiro atoms. The molecule has 2 aromatic carbocycles. The largest absolute Gasteiger partial charge is 0.425 e. The molecule has 0 atom stereocenters. The summed E-state index contributed by atoms with van der Waals surface area (Å²) in [7, 11) is 0. The van der Waals surface area contributed by atoms with Crippen molar-refractivity contribution in [3.8, 4) is 0 Å². The van der Waals surface area contributed by atoms with Gasteiger partial charge < -0.3 is 4.65 Å². The van der Waals surface area contributed by atoms with Crippen LogP contribution in [0.25, 0.3) is 10.8 Å². The van der Waals surface area contributed by atoms with Crippen LogP contribution in [0.3, 0.4) is 0 Å². The average Bonchev–Trinajstić information content (AvgIpc) is 2.86. The van der Waals surface area contributed by atoms with Crippen LogP contribution in [0.4, 0.5) is 4.39 Å². The van der Waals surface area contributed by atoms with Gasteiger partial charge in [-0.05, 0) is 48.7 Å². The van der Waals surface area contributed by atoms with Crippen molar-refractivity contribution in [1.29, 1.82) is 0 Å². The van der Waals surface area contributed by atoms with Gasteiger partial charge in [-0.1, -0.05) is 44.2 Å². The Labute approximate surface area is 164 Å². The van der Waals surface area contributed by atoms with E-state index in [1.54, 1.807) is 12.1 Å². The number of nitrogens with zero attached hydrogens (tertiary/aromatic N) is 1. The van der Waals surface area contributed by atoms with Crippen LogP contribution in [-0.4, -0.2) is 22.7 Å². The van der Waals surface area contributed by atoms with E-state index in [0.29, 0.717) is 17.3 Å². The predicted molar refractivity (Wildman–Crippen MR) is 111 cm³/mol. The molecular weight excluding hydrogens is 354 g/mol. The van der Waals surface area contributed by atoms with E-state index in [4.69, 9.17) is 4.65 Å². The number of hydrogen-bond donors (Lipinski definition) is 1. The van der Waals surface area contributed by atoms with Crippen LogP contribution < -0.4 is 11.0 Å². The van der Waals surface area contributed by atoms with Crippen molar-refractivity contribution in [2.75, 3.05) is 0 Å². The second kappa shape index (κ2) is 6.55. The number of hydrogen-bond acceptors (Lipinski definition) is 3. The van der Waals surface area contributed by atoms with Gasteiger partial charge in [0.15, 0.2) is 0 Å². The fourth-order valence-electron chi connectivity index (χ4n) is 3.89. The zero-order valence-corrected chi connectivity index (χ0v) is 16.7. The molecule has 3 aromatic rings. The maximum atomic E-state index is 14.6. The summed E-state index contributed by atoms with van der Waals surface area (Å²) in [6, 6.07) is 12.5. The lowest BCUT2D eigenvalue weighted by Gasteiger charge is -2.34. The van der Waals surface area contributed by atoms with E-state index in [1.807, 2.05) is 24.3 Å². The first-order chi connectivity index (χ1) is 13.2. The molecule has 1 aromatic heterocycles. The number of rotatable bonds is 3. The maximum absolute atomic E-state index is 14.6. The van der Waals surface area contributed by atoms with Crippen LogP contribution >= 0.6 is 0 Å². The zero-order chi connectivity index (χ0) is 20.1. The molecule has 0 amide bonds. The quantitative estimate of drug-likeness (QED) is 0.708. The van der Waals surface area contributed by atoms with Crippen molar-refractivity contribution >= 4 is 23.2 Å². The molecule has 1 N–H and O–H groups in total. The Kier molecular flexibility index (Phi) is 4.42. The van der Waals surface area contributed by atoms with E-state index in [0.717, 1.165) is 23.0 Å². The minimum absolute atomic E-state index is 0.0449. The minimum atomic E-state index is -0.323.